The van der Waals surface area contributed by atoms with Gasteiger partial charge in [-0.3, -0.25) is 10.1 Å². The number of benzene rings is 2. The molecule has 0 bridgehead atoms. The van der Waals surface area contributed by atoms with Crippen molar-refractivity contribution in [3.05, 3.63) is 70.9 Å². The zero-order valence-electron chi connectivity index (χ0n) is 18.5. The highest BCUT2D eigenvalue weighted by Crippen LogP contribution is 2.32. The Labute approximate surface area is 190 Å². The highest BCUT2D eigenvalue weighted by Gasteiger charge is 2.30. The van der Waals surface area contributed by atoms with Crippen LogP contribution in [0.1, 0.15) is 42.4 Å². The first-order valence-electron chi connectivity index (χ1n) is 10.6. The topological polar surface area (TPSA) is 99.2 Å². The molecular weight excluding hydrogens is 428 g/mol. The van der Waals surface area contributed by atoms with Crippen LogP contribution < -0.4 is 16.0 Å². The van der Waals surface area contributed by atoms with Gasteiger partial charge >= 0.3 is 0 Å². The number of nitrogens with one attached hydrogen (secondary N) is 3. The number of aromatic nitrogens is 2. The minimum Gasteiger partial charge on any atom is -0.378 e. The van der Waals surface area contributed by atoms with Crippen molar-refractivity contribution in [3.8, 4) is 11.4 Å². The lowest BCUT2D eigenvalue weighted by atomic mass is 9.82. The Morgan fingerprint density at radius 1 is 1.09 bits per heavy atom. The summed E-state index contributed by atoms with van der Waals surface area (Å²) in [5.41, 5.74) is 1.23. The van der Waals surface area contributed by atoms with E-state index in [0.717, 1.165) is 17.7 Å². The Hall–Kier alpha value is -3.43. The van der Waals surface area contributed by atoms with E-state index < -0.39 is 23.3 Å². The molecule has 7 nitrogen and oxygen atoms in total. The smallest absolute Gasteiger partial charge is 0.257 e. The van der Waals surface area contributed by atoms with Crippen molar-refractivity contribution >= 4 is 17.4 Å². The Kier molecular flexibility index (Phi) is 6.09. The molecule has 0 fully saturated rings. The molecule has 0 aliphatic carbocycles. The van der Waals surface area contributed by atoms with E-state index in [1.807, 2.05) is 32.9 Å². The highest BCUT2D eigenvalue weighted by molar-refractivity contribution is 6.03. The van der Waals surface area contributed by atoms with Gasteiger partial charge in [0, 0.05) is 11.1 Å². The van der Waals surface area contributed by atoms with Crippen molar-refractivity contribution in [3.63, 3.8) is 0 Å². The maximum absolute atomic E-state index is 14.4. The Balaban J connectivity index is 1.70. The summed E-state index contributed by atoms with van der Waals surface area (Å²) >= 11 is 0. The summed E-state index contributed by atoms with van der Waals surface area (Å²) in [6.07, 6.45) is -0.728. The first-order chi connectivity index (χ1) is 15.7. The molecule has 0 radical (unpaired) electrons. The third kappa shape index (κ3) is 4.29. The van der Waals surface area contributed by atoms with E-state index in [-0.39, 0.29) is 35.2 Å². The van der Waals surface area contributed by atoms with Crippen molar-refractivity contribution < 1.29 is 18.7 Å². The molecule has 4 N–H and O–H groups in total. The molecule has 0 spiro atoms. The van der Waals surface area contributed by atoms with Gasteiger partial charge in [0.15, 0.2) is 5.82 Å². The number of aliphatic hydroxyl groups is 1. The molecular formula is C24H25F2N5O2. The summed E-state index contributed by atoms with van der Waals surface area (Å²) in [6, 6.07) is 10.8. The van der Waals surface area contributed by atoms with E-state index in [0.29, 0.717) is 17.9 Å². The average Bonchev–Trinajstić information content (AvgIpc) is 3.15. The first kappa shape index (κ1) is 22.8. The van der Waals surface area contributed by atoms with Gasteiger partial charge in [-0.25, -0.2) is 18.7 Å². The minimum absolute atomic E-state index is 0.143. The molecule has 3 aromatic rings. The Bertz CT molecular complexity index is 1180. The van der Waals surface area contributed by atoms with Gasteiger partial charge in [0.2, 0.25) is 0 Å². The molecule has 9 heteroatoms. The van der Waals surface area contributed by atoms with Crippen LogP contribution in [0.15, 0.2) is 42.5 Å². The second-order valence-electron chi connectivity index (χ2n) is 8.38. The van der Waals surface area contributed by atoms with Crippen molar-refractivity contribution in [2.24, 2.45) is 0 Å². The molecule has 2 aromatic carbocycles. The van der Waals surface area contributed by atoms with Gasteiger partial charge in [-0.15, -0.1) is 0 Å². The Morgan fingerprint density at radius 2 is 1.76 bits per heavy atom. The van der Waals surface area contributed by atoms with Gasteiger partial charge < -0.3 is 15.7 Å². The molecule has 0 saturated heterocycles. The fourth-order valence-corrected chi connectivity index (χ4v) is 3.77. The van der Waals surface area contributed by atoms with Gasteiger partial charge in [0.05, 0.1) is 17.8 Å². The number of aliphatic hydroxyl groups excluding tert-OH is 1. The molecule has 0 saturated carbocycles. The molecule has 1 amide bonds. The lowest BCUT2D eigenvalue weighted by Gasteiger charge is -2.31. The molecule has 1 aliphatic rings. The van der Waals surface area contributed by atoms with Crippen LogP contribution in [0.4, 0.5) is 20.3 Å². The molecule has 1 atom stereocenters. The number of halogens is 2. The maximum Gasteiger partial charge on any atom is 0.257 e. The number of carbonyl (C=O) groups is 1. The summed E-state index contributed by atoms with van der Waals surface area (Å²) in [5, 5.41) is 19.2. The second kappa shape index (κ2) is 8.84. The second-order valence-corrected chi connectivity index (χ2v) is 8.38. The Morgan fingerprint density at radius 3 is 2.39 bits per heavy atom. The average molecular weight is 453 g/mol. The van der Waals surface area contributed by atoms with Crippen LogP contribution in [0.3, 0.4) is 0 Å². The van der Waals surface area contributed by atoms with Crippen molar-refractivity contribution in [1.29, 1.82) is 0 Å². The molecule has 33 heavy (non-hydrogen) atoms. The number of rotatable bonds is 7. The fourth-order valence-electron chi connectivity index (χ4n) is 3.77. The first-order valence-corrected chi connectivity index (χ1v) is 10.6. The number of anilines is 2. The maximum atomic E-state index is 14.4. The van der Waals surface area contributed by atoms with Gasteiger partial charge in [-0.05, 0) is 36.4 Å². The largest absolute Gasteiger partial charge is 0.378 e. The molecule has 1 unspecified atom stereocenters. The summed E-state index contributed by atoms with van der Waals surface area (Å²) in [7, 11) is 0. The number of nitrogens with zero attached hydrogens (tertiary/aromatic N) is 2. The predicted octanol–water partition coefficient (Wildman–Crippen LogP) is 3.61. The summed E-state index contributed by atoms with van der Waals surface area (Å²) < 4.78 is 28.7. The lowest BCUT2D eigenvalue weighted by Crippen LogP contribution is -2.44. The number of amides is 1. The number of hydrogen-bond acceptors (Lipinski definition) is 6. The van der Waals surface area contributed by atoms with Crippen LogP contribution in [0.25, 0.3) is 11.4 Å². The van der Waals surface area contributed by atoms with Crippen LogP contribution in [0.2, 0.25) is 0 Å². The van der Waals surface area contributed by atoms with E-state index in [2.05, 4.69) is 25.9 Å². The van der Waals surface area contributed by atoms with Crippen LogP contribution in [-0.4, -0.2) is 33.8 Å². The minimum atomic E-state index is -0.788. The van der Waals surface area contributed by atoms with Gasteiger partial charge in [0.1, 0.15) is 29.2 Å². The molecule has 172 valence electrons. The predicted molar refractivity (Wildman–Crippen MR) is 121 cm³/mol. The normalized spacial score (nSPS) is 14.1. The van der Waals surface area contributed by atoms with Crippen LogP contribution in [0.5, 0.6) is 0 Å². The van der Waals surface area contributed by atoms with Gasteiger partial charge in [-0.1, -0.05) is 39.0 Å². The molecule has 1 aromatic heterocycles. The lowest BCUT2D eigenvalue weighted by molar-refractivity contribution is 0.0691. The third-order valence-corrected chi connectivity index (χ3v) is 5.79. The third-order valence-electron chi connectivity index (χ3n) is 5.79. The van der Waals surface area contributed by atoms with Crippen molar-refractivity contribution in [2.75, 3.05) is 11.9 Å². The van der Waals surface area contributed by atoms with Crippen LogP contribution in [0, 0.1) is 11.6 Å². The quantitative estimate of drug-likeness (QED) is 0.408. The summed E-state index contributed by atoms with van der Waals surface area (Å²) in [4.78, 5) is 20.9. The zero-order valence-corrected chi connectivity index (χ0v) is 18.5. The molecule has 2 heterocycles. The van der Waals surface area contributed by atoms with E-state index in [1.54, 1.807) is 12.1 Å². The van der Waals surface area contributed by atoms with Crippen molar-refractivity contribution in [2.45, 2.75) is 39.0 Å². The highest BCUT2D eigenvalue weighted by atomic mass is 19.1. The zero-order chi connectivity index (χ0) is 23.8. The number of likely N-dealkylation sites (N-methyl/N-ethyl adjacent to an activating group) is 1. The SMILES string of the molecule is CCNC(O)C(C)(C)c1ccc(Nc2nc(-c3c(F)cccc3F)nc3c2C(=O)NC3)cc1. The monoisotopic (exact) mass is 453 g/mol. The summed E-state index contributed by atoms with van der Waals surface area (Å²) in [5.74, 6) is -1.92. The van der Waals surface area contributed by atoms with E-state index in [9.17, 15) is 18.7 Å². The number of fused-ring (bicyclic) bond motifs is 1. The number of hydrogen-bond donors (Lipinski definition) is 4. The molecule has 1 aliphatic heterocycles. The fraction of sp³-hybridized carbons (Fsp3) is 0.292. The van der Waals surface area contributed by atoms with Crippen molar-refractivity contribution in [1.82, 2.24) is 20.6 Å². The van der Waals surface area contributed by atoms with Crippen LogP contribution >= 0.6 is 0 Å². The number of carbonyl (C=O) groups excluding carboxylic acids is 1. The van der Waals surface area contributed by atoms with Crippen LogP contribution in [-0.2, 0) is 12.0 Å². The standard InChI is InChI=1S/C24H25F2N5O2/c1-4-27-23(33)24(2,3)13-8-10-14(11-9-13)29-21-19-17(12-28-22(19)32)30-20(31-21)18-15(25)6-5-7-16(18)26/h5-11,23,27,33H,4,12H2,1-3H3,(H,28,32)(H,29,30,31). The van der Waals surface area contributed by atoms with Gasteiger partial charge in [0.25, 0.3) is 5.91 Å². The van der Waals surface area contributed by atoms with E-state index >= 15 is 0 Å². The summed E-state index contributed by atoms with van der Waals surface area (Å²) in [6.45, 7) is 6.56. The van der Waals surface area contributed by atoms with E-state index in [1.165, 1.54) is 6.07 Å². The van der Waals surface area contributed by atoms with Gasteiger partial charge in [-0.2, -0.15) is 0 Å². The molecule has 4 rings (SSSR count). The van der Waals surface area contributed by atoms with E-state index in [4.69, 9.17) is 0 Å².